The Morgan fingerprint density at radius 2 is 2.05 bits per heavy atom. The predicted molar refractivity (Wildman–Crippen MR) is 75.7 cm³/mol. The number of rotatable bonds is 4. The van der Waals surface area contributed by atoms with Crippen molar-refractivity contribution in [3.8, 4) is 5.75 Å². The van der Waals surface area contributed by atoms with E-state index in [1.165, 1.54) is 25.3 Å². The zero-order valence-corrected chi connectivity index (χ0v) is 11.9. The van der Waals surface area contributed by atoms with E-state index in [0.29, 0.717) is 24.4 Å². The van der Waals surface area contributed by atoms with Gasteiger partial charge in [-0.05, 0) is 37.0 Å². The van der Waals surface area contributed by atoms with Gasteiger partial charge >= 0.3 is 5.97 Å². The summed E-state index contributed by atoms with van der Waals surface area (Å²) in [4.78, 5) is 25.3. The van der Waals surface area contributed by atoms with Crippen LogP contribution in [-0.4, -0.2) is 53.8 Å². The molecule has 1 aromatic carbocycles. The third kappa shape index (κ3) is 3.52. The summed E-state index contributed by atoms with van der Waals surface area (Å²) < 4.78 is 5.05. The number of aliphatic hydroxyl groups excluding tert-OH is 1. The fourth-order valence-electron chi connectivity index (χ4n) is 2.54. The highest BCUT2D eigenvalue weighted by Crippen LogP contribution is 2.22. The molecule has 1 aliphatic rings. The van der Waals surface area contributed by atoms with E-state index in [9.17, 15) is 14.7 Å². The summed E-state index contributed by atoms with van der Waals surface area (Å²) in [6, 6.07) is 4.28. The van der Waals surface area contributed by atoms with Gasteiger partial charge in [-0.3, -0.25) is 4.79 Å². The van der Waals surface area contributed by atoms with Gasteiger partial charge in [-0.25, -0.2) is 4.79 Å². The Balaban J connectivity index is 2.25. The van der Waals surface area contributed by atoms with E-state index in [1.807, 2.05) is 0 Å². The number of nitrogens with zero attached hydrogens (tertiary/aromatic N) is 1. The van der Waals surface area contributed by atoms with Crippen LogP contribution in [0.15, 0.2) is 18.2 Å². The normalized spacial score (nSPS) is 18.4. The first kappa shape index (κ1) is 15.3. The molecule has 6 nitrogen and oxygen atoms in total. The Morgan fingerprint density at radius 1 is 1.33 bits per heavy atom. The van der Waals surface area contributed by atoms with Gasteiger partial charge in [0.2, 0.25) is 0 Å². The topological polar surface area (TPSA) is 87.1 Å². The van der Waals surface area contributed by atoms with Crippen molar-refractivity contribution in [3.05, 3.63) is 29.3 Å². The number of carboxylic acids is 1. The number of methoxy groups -OCH3 is 1. The third-order valence-corrected chi connectivity index (χ3v) is 3.70. The number of piperidine rings is 1. The molecule has 1 aromatic rings. The highest BCUT2D eigenvalue weighted by Gasteiger charge is 2.25. The quantitative estimate of drug-likeness (QED) is 0.872. The van der Waals surface area contributed by atoms with Gasteiger partial charge in [0.05, 0.1) is 12.7 Å². The molecule has 1 heterocycles. The van der Waals surface area contributed by atoms with Gasteiger partial charge in [-0.2, -0.15) is 0 Å². The fourth-order valence-corrected chi connectivity index (χ4v) is 2.54. The second kappa shape index (κ2) is 6.58. The van der Waals surface area contributed by atoms with E-state index >= 15 is 0 Å². The molecule has 21 heavy (non-hydrogen) atoms. The van der Waals surface area contributed by atoms with E-state index in [0.717, 1.165) is 12.8 Å². The first-order chi connectivity index (χ1) is 10.0. The molecule has 0 spiro atoms. The summed E-state index contributed by atoms with van der Waals surface area (Å²) in [5.74, 6) is -0.898. The molecule has 0 aromatic heterocycles. The summed E-state index contributed by atoms with van der Waals surface area (Å²) >= 11 is 0. The van der Waals surface area contributed by atoms with Crippen LogP contribution in [0, 0.1) is 5.92 Å². The van der Waals surface area contributed by atoms with Crippen molar-refractivity contribution in [1.29, 1.82) is 0 Å². The Bertz CT molecular complexity index is 543. The van der Waals surface area contributed by atoms with Gasteiger partial charge in [0, 0.05) is 25.3 Å². The fraction of sp³-hybridized carbons (Fsp3) is 0.467. The maximum atomic E-state index is 12.5. The number of carbonyl (C=O) groups is 2. The third-order valence-electron chi connectivity index (χ3n) is 3.70. The van der Waals surface area contributed by atoms with Crippen molar-refractivity contribution in [2.24, 2.45) is 5.92 Å². The van der Waals surface area contributed by atoms with Crippen LogP contribution in [0.25, 0.3) is 0 Å². The molecule has 1 fully saturated rings. The monoisotopic (exact) mass is 293 g/mol. The van der Waals surface area contributed by atoms with Crippen LogP contribution in [0.3, 0.4) is 0 Å². The first-order valence-electron chi connectivity index (χ1n) is 6.87. The van der Waals surface area contributed by atoms with Crippen LogP contribution in [0.2, 0.25) is 0 Å². The summed E-state index contributed by atoms with van der Waals surface area (Å²) in [5.41, 5.74) is 0.318. The minimum absolute atomic E-state index is 0.0217. The molecule has 0 aliphatic carbocycles. The van der Waals surface area contributed by atoms with Crippen LogP contribution < -0.4 is 4.74 Å². The van der Waals surface area contributed by atoms with E-state index in [4.69, 9.17) is 9.84 Å². The van der Waals surface area contributed by atoms with E-state index < -0.39 is 5.97 Å². The number of ether oxygens (including phenoxy) is 1. The number of aliphatic hydroxyl groups is 1. The molecule has 2 rings (SSSR count). The minimum atomic E-state index is -1.10. The minimum Gasteiger partial charge on any atom is -0.497 e. The maximum absolute atomic E-state index is 12.5. The molecule has 2 N–H and O–H groups in total. The van der Waals surface area contributed by atoms with Crippen LogP contribution in [0.1, 0.15) is 33.6 Å². The molecule has 0 bridgehead atoms. The standard InChI is InChI=1S/C15H19NO5/c1-21-13-6-11(5-12(7-13)15(19)20)14(18)16-4-2-3-10(8-16)9-17/h5-7,10,17H,2-4,8-9H2,1H3,(H,19,20). The number of carboxylic acid groups (broad SMARTS) is 1. The van der Waals surface area contributed by atoms with Crippen LogP contribution in [0.5, 0.6) is 5.75 Å². The summed E-state index contributed by atoms with van der Waals surface area (Å²) in [7, 11) is 1.43. The average Bonchev–Trinajstić information content (AvgIpc) is 2.53. The van der Waals surface area contributed by atoms with Crippen LogP contribution >= 0.6 is 0 Å². The van der Waals surface area contributed by atoms with Gasteiger partial charge in [0.15, 0.2) is 0 Å². The molecule has 0 radical (unpaired) electrons. The largest absolute Gasteiger partial charge is 0.497 e. The number of likely N-dealkylation sites (tertiary alicyclic amines) is 1. The molecular weight excluding hydrogens is 274 g/mol. The Labute approximate surface area is 122 Å². The Morgan fingerprint density at radius 3 is 2.67 bits per heavy atom. The lowest BCUT2D eigenvalue weighted by atomic mass is 9.98. The SMILES string of the molecule is COc1cc(C(=O)O)cc(C(=O)N2CCCC(CO)C2)c1. The highest BCUT2D eigenvalue weighted by molar-refractivity contribution is 5.98. The van der Waals surface area contributed by atoms with Crippen LogP contribution in [-0.2, 0) is 0 Å². The van der Waals surface area contributed by atoms with Gasteiger partial charge in [0.1, 0.15) is 5.75 Å². The van der Waals surface area contributed by atoms with Crippen molar-refractivity contribution in [3.63, 3.8) is 0 Å². The number of aromatic carboxylic acids is 1. The van der Waals surface area contributed by atoms with Crippen LogP contribution in [0.4, 0.5) is 0 Å². The molecule has 0 saturated carbocycles. The smallest absolute Gasteiger partial charge is 0.335 e. The number of hydrogen-bond acceptors (Lipinski definition) is 4. The molecule has 1 saturated heterocycles. The molecule has 1 amide bonds. The number of benzene rings is 1. The Kier molecular flexibility index (Phi) is 4.80. The van der Waals surface area contributed by atoms with Crippen molar-refractivity contribution >= 4 is 11.9 Å². The second-order valence-corrected chi connectivity index (χ2v) is 5.20. The predicted octanol–water partition coefficient (Wildman–Crippen LogP) is 1.24. The summed E-state index contributed by atoms with van der Waals surface area (Å²) in [5, 5.41) is 18.3. The highest BCUT2D eigenvalue weighted by atomic mass is 16.5. The van der Waals surface area contributed by atoms with Crippen molar-refractivity contribution < 1.29 is 24.5 Å². The van der Waals surface area contributed by atoms with E-state index in [2.05, 4.69) is 0 Å². The van der Waals surface area contributed by atoms with Gasteiger partial charge < -0.3 is 19.8 Å². The van der Waals surface area contributed by atoms with Gasteiger partial charge in [-0.15, -0.1) is 0 Å². The lowest BCUT2D eigenvalue weighted by Gasteiger charge is -2.32. The molecular formula is C15H19NO5. The maximum Gasteiger partial charge on any atom is 0.335 e. The zero-order chi connectivity index (χ0) is 15.4. The molecule has 1 unspecified atom stereocenters. The summed E-state index contributed by atoms with van der Waals surface area (Å²) in [6.45, 7) is 1.17. The molecule has 6 heteroatoms. The van der Waals surface area contributed by atoms with Crippen molar-refractivity contribution in [2.75, 3.05) is 26.8 Å². The van der Waals surface area contributed by atoms with E-state index in [-0.39, 0.29) is 24.0 Å². The lowest BCUT2D eigenvalue weighted by molar-refractivity contribution is 0.0620. The summed E-state index contributed by atoms with van der Waals surface area (Å²) in [6.07, 6.45) is 1.74. The van der Waals surface area contributed by atoms with Crippen molar-refractivity contribution in [1.82, 2.24) is 4.90 Å². The number of carbonyl (C=O) groups excluding carboxylic acids is 1. The molecule has 1 atom stereocenters. The van der Waals surface area contributed by atoms with Gasteiger partial charge in [0.25, 0.3) is 5.91 Å². The van der Waals surface area contributed by atoms with E-state index in [1.54, 1.807) is 4.90 Å². The first-order valence-corrected chi connectivity index (χ1v) is 6.87. The average molecular weight is 293 g/mol. The number of amides is 1. The molecule has 1 aliphatic heterocycles. The zero-order valence-electron chi connectivity index (χ0n) is 11.9. The molecule has 114 valence electrons. The van der Waals surface area contributed by atoms with Crippen molar-refractivity contribution in [2.45, 2.75) is 12.8 Å². The second-order valence-electron chi connectivity index (χ2n) is 5.20. The van der Waals surface area contributed by atoms with Gasteiger partial charge in [-0.1, -0.05) is 0 Å². The lowest BCUT2D eigenvalue weighted by Crippen LogP contribution is -2.41. The number of hydrogen-bond donors (Lipinski definition) is 2. The Hall–Kier alpha value is -2.08.